The molecule has 10 heteroatoms. The summed E-state index contributed by atoms with van der Waals surface area (Å²) in [6.07, 6.45) is 2.67. The number of amides is 1. The second-order valence-corrected chi connectivity index (χ2v) is 8.87. The van der Waals surface area contributed by atoms with Gasteiger partial charge in [-0.15, -0.1) is 0 Å². The Labute approximate surface area is 192 Å². The van der Waals surface area contributed by atoms with E-state index >= 15 is 0 Å². The van der Waals surface area contributed by atoms with E-state index < -0.39 is 28.9 Å². The molecule has 1 aliphatic carbocycles. The first-order valence-electron chi connectivity index (χ1n) is 10.2. The maximum atomic E-state index is 13.9. The lowest BCUT2D eigenvalue weighted by molar-refractivity contribution is 0.0596. The van der Waals surface area contributed by atoms with Crippen molar-refractivity contribution in [3.05, 3.63) is 58.9 Å². The summed E-state index contributed by atoms with van der Waals surface area (Å²) in [4.78, 5) is 25.7. The van der Waals surface area contributed by atoms with Crippen molar-refractivity contribution in [3.63, 3.8) is 0 Å². The van der Waals surface area contributed by atoms with E-state index in [1.807, 2.05) is 0 Å². The van der Waals surface area contributed by atoms with E-state index in [9.17, 15) is 18.2 Å². The molecule has 2 aromatic rings. The third-order valence-corrected chi connectivity index (χ3v) is 7.03. The van der Waals surface area contributed by atoms with Crippen LogP contribution in [0.15, 0.2) is 41.3 Å². The number of nitrogens with zero attached hydrogens (tertiary/aromatic N) is 1. The molecule has 3 atom stereocenters. The van der Waals surface area contributed by atoms with Crippen LogP contribution in [0.3, 0.4) is 0 Å². The second-order valence-electron chi connectivity index (χ2n) is 7.56. The summed E-state index contributed by atoms with van der Waals surface area (Å²) in [5.74, 6) is -0.403. The van der Waals surface area contributed by atoms with Crippen LogP contribution in [0.5, 0.6) is 5.75 Å². The zero-order chi connectivity index (χ0) is 23.7. The molecule has 0 spiro atoms. The van der Waals surface area contributed by atoms with E-state index in [1.165, 1.54) is 31.4 Å². The monoisotopic (exact) mass is 475 g/mol. The van der Waals surface area contributed by atoms with E-state index in [0.29, 0.717) is 18.3 Å². The highest BCUT2D eigenvalue weighted by molar-refractivity contribution is 7.87. The summed E-state index contributed by atoms with van der Waals surface area (Å²) in [7, 11) is 0.0588. The Morgan fingerprint density at radius 3 is 2.76 bits per heavy atom. The Kier molecular flexibility index (Phi) is 6.48. The molecule has 174 valence electrons. The molecule has 2 aliphatic rings. The van der Waals surface area contributed by atoms with Crippen molar-refractivity contribution in [1.82, 2.24) is 0 Å². The van der Waals surface area contributed by atoms with Gasteiger partial charge < -0.3 is 19.3 Å². The van der Waals surface area contributed by atoms with Crippen LogP contribution in [-0.2, 0) is 20.5 Å². The molecule has 0 radical (unpaired) electrons. The number of ether oxygens (including phenoxy) is 3. The largest absolute Gasteiger partial charge is 0.492 e. The van der Waals surface area contributed by atoms with Crippen LogP contribution < -0.4 is 9.04 Å². The number of fused-ring (bicyclic) bond motifs is 3. The molecule has 1 aliphatic heterocycles. The predicted octanol–water partition coefficient (Wildman–Crippen LogP) is 3.41. The summed E-state index contributed by atoms with van der Waals surface area (Å²) < 4.78 is 44.0. The SMILES string of the molecule is COC(=O)c1c(N(C(=O)OC)S(=O)c2ccc(F)cc2/C=C\CO)ccc2c1OC[C@@H]1C[C@H]21. The Balaban J connectivity index is 1.88. The molecule has 1 N–H and O–H groups in total. The lowest BCUT2D eigenvalue weighted by Crippen LogP contribution is -2.35. The number of hydrogen-bond donors (Lipinski definition) is 1. The summed E-state index contributed by atoms with van der Waals surface area (Å²) in [6, 6.07) is 6.74. The van der Waals surface area contributed by atoms with Crippen LogP contribution in [0.1, 0.15) is 33.8 Å². The number of carbonyl (C=O) groups is 2. The average molecular weight is 475 g/mol. The van der Waals surface area contributed by atoms with Crippen LogP contribution in [0.2, 0.25) is 0 Å². The van der Waals surface area contributed by atoms with E-state index in [-0.39, 0.29) is 34.2 Å². The van der Waals surface area contributed by atoms with E-state index in [4.69, 9.17) is 19.3 Å². The molecule has 1 amide bonds. The third kappa shape index (κ3) is 4.23. The van der Waals surface area contributed by atoms with Crippen molar-refractivity contribution >= 4 is 34.8 Å². The highest BCUT2D eigenvalue weighted by Crippen LogP contribution is 2.55. The van der Waals surface area contributed by atoms with Gasteiger partial charge in [-0.2, -0.15) is 4.31 Å². The summed E-state index contributed by atoms with van der Waals surface area (Å²) in [6.45, 7) is 0.112. The highest BCUT2D eigenvalue weighted by atomic mass is 32.2. The zero-order valence-electron chi connectivity index (χ0n) is 17.9. The first kappa shape index (κ1) is 22.9. The van der Waals surface area contributed by atoms with Gasteiger partial charge in [0.05, 0.1) is 38.0 Å². The van der Waals surface area contributed by atoms with E-state index in [0.717, 1.165) is 35.5 Å². The molecule has 1 heterocycles. The molecule has 0 saturated heterocycles. The van der Waals surface area contributed by atoms with Gasteiger partial charge in [-0.25, -0.2) is 18.2 Å². The number of esters is 1. The van der Waals surface area contributed by atoms with E-state index in [1.54, 1.807) is 6.07 Å². The van der Waals surface area contributed by atoms with Gasteiger partial charge in [-0.05, 0) is 47.7 Å². The number of aliphatic hydroxyl groups is 1. The fourth-order valence-corrected chi connectivity index (χ4v) is 5.18. The fraction of sp³-hybridized carbons (Fsp3) is 0.304. The molecule has 0 bridgehead atoms. The number of halogens is 1. The minimum atomic E-state index is -2.26. The van der Waals surface area contributed by atoms with Gasteiger partial charge in [0.1, 0.15) is 17.1 Å². The van der Waals surface area contributed by atoms with Crippen LogP contribution in [0.4, 0.5) is 14.9 Å². The fourth-order valence-electron chi connectivity index (χ4n) is 3.93. The van der Waals surface area contributed by atoms with Gasteiger partial charge in [-0.1, -0.05) is 18.2 Å². The average Bonchev–Trinajstić information content (AvgIpc) is 3.62. The van der Waals surface area contributed by atoms with Gasteiger partial charge in [-0.3, -0.25) is 0 Å². The predicted molar refractivity (Wildman–Crippen MR) is 118 cm³/mol. The van der Waals surface area contributed by atoms with Crippen LogP contribution in [-0.4, -0.2) is 48.8 Å². The van der Waals surface area contributed by atoms with Gasteiger partial charge in [0.15, 0.2) is 11.0 Å². The number of rotatable bonds is 6. The van der Waals surface area contributed by atoms with E-state index in [2.05, 4.69) is 0 Å². The lowest BCUT2D eigenvalue weighted by Gasteiger charge is -2.26. The number of methoxy groups -OCH3 is 2. The minimum absolute atomic E-state index is 0.0219. The number of anilines is 1. The normalized spacial score (nSPS) is 19.2. The zero-order valence-corrected chi connectivity index (χ0v) is 18.8. The molecular weight excluding hydrogens is 453 g/mol. The first-order valence-corrected chi connectivity index (χ1v) is 11.3. The molecular formula is C23H22FNO7S. The Morgan fingerprint density at radius 1 is 1.27 bits per heavy atom. The molecule has 8 nitrogen and oxygen atoms in total. The maximum Gasteiger partial charge on any atom is 0.426 e. The first-order chi connectivity index (χ1) is 15.9. The number of aliphatic hydroxyl groups excluding tert-OH is 1. The topological polar surface area (TPSA) is 102 Å². The number of benzene rings is 2. The Morgan fingerprint density at radius 2 is 2.06 bits per heavy atom. The van der Waals surface area contributed by atoms with Crippen molar-refractivity contribution in [2.45, 2.75) is 17.2 Å². The standard InChI is InChI=1S/C23H22FNO7S/c1-30-22(27)20-18(7-6-16-17-11-14(17)12-32-21(16)20)25(23(28)31-2)33(29)19-8-5-15(24)10-13(19)4-3-9-26/h3-8,10,14,17,26H,9,11-12H2,1-2H3/b4-3-/t14-,17-,33?/m0/s1. The Bertz CT molecular complexity index is 1170. The molecule has 0 aromatic heterocycles. The molecule has 2 aromatic carbocycles. The van der Waals surface area contributed by atoms with Crippen LogP contribution >= 0.6 is 0 Å². The van der Waals surface area contributed by atoms with Crippen molar-refractivity contribution in [1.29, 1.82) is 0 Å². The minimum Gasteiger partial charge on any atom is -0.492 e. The molecule has 4 rings (SSSR count). The molecule has 1 unspecified atom stereocenters. The van der Waals surface area contributed by atoms with Crippen molar-refractivity contribution in [2.75, 3.05) is 31.7 Å². The summed E-state index contributed by atoms with van der Waals surface area (Å²) in [5.41, 5.74) is 0.963. The second kappa shape index (κ2) is 9.32. The molecule has 1 saturated carbocycles. The van der Waals surface area contributed by atoms with Gasteiger partial charge in [0, 0.05) is 5.92 Å². The van der Waals surface area contributed by atoms with Gasteiger partial charge in [0.25, 0.3) is 0 Å². The smallest absolute Gasteiger partial charge is 0.426 e. The molecule has 1 fully saturated rings. The van der Waals surface area contributed by atoms with Crippen LogP contribution in [0, 0.1) is 11.7 Å². The van der Waals surface area contributed by atoms with Gasteiger partial charge >= 0.3 is 12.1 Å². The summed E-state index contributed by atoms with van der Waals surface area (Å²) >= 11 is 0. The number of carbonyl (C=O) groups excluding carboxylic acids is 2. The van der Waals surface area contributed by atoms with Gasteiger partial charge in [0.2, 0.25) is 0 Å². The van der Waals surface area contributed by atoms with Crippen molar-refractivity contribution in [3.8, 4) is 5.75 Å². The van der Waals surface area contributed by atoms with Crippen LogP contribution in [0.25, 0.3) is 6.08 Å². The maximum absolute atomic E-state index is 13.9. The Hall–Kier alpha value is -3.24. The van der Waals surface area contributed by atoms with Crippen molar-refractivity contribution < 1.29 is 37.5 Å². The van der Waals surface area contributed by atoms with Crippen molar-refractivity contribution in [2.24, 2.45) is 5.92 Å². The highest BCUT2D eigenvalue weighted by Gasteiger charge is 2.46. The summed E-state index contributed by atoms with van der Waals surface area (Å²) in [5, 5.41) is 9.10. The third-order valence-electron chi connectivity index (χ3n) is 5.61. The molecule has 33 heavy (non-hydrogen) atoms. The lowest BCUT2D eigenvalue weighted by atomic mass is 10.00. The number of hydrogen-bond acceptors (Lipinski definition) is 7. The quantitative estimate of drug-likeness (QED) is 0.639.